The summed E-state index contributed by atoms with van der Waals surface area (Å²) in [4.78, 5) is 4.89. The zero-order valence-corrected chi connectivity index (χ0v) is 16.4. The zero-order chi connectivity index (χ0) is 18.4. The zero-order valence-electron chi connectivity index (χ0n) is 16.4. The summed E-state index contributed by atoms with van der Waals surface area (Å²) in [6, 6.07) is 17.4. The molecule has 140 valence electrons. The van der Waals surface area contributed by atoms with Crippen molar-refractivity contribution in [1.82, 2.24) is 9.80 Å². The Balaban J connectivity index is 1.65. The van der Waals surface area contributed by atoms with Gasteiger partial charge in [0, 0.05) is 39.1 Å². The van der Waals surface area contributed by atoms with Crippen LogP contribution in [0, 0.1) is 0 Å². The fraction of sp³-hybridized carbons (Fsp3) is 0.478. The standard InChI is InChI=1S/C23H32N2O/c1-19(2)21-9-10-23(22(18-21)17-20-7-5-4-6-8-20)26-16-15-25-13-11-24(3)12-14-25/h4-10,18-19H,11-17H2,1-3H3. The summed E-state index contributed by atoms with van der Waals surface area (Å²) in [5.74, 6) is 1.57. The fourth-order valence-corrected chi connectivity index (χ4v) is 3.41. The second-order valence-corrected chi connectivity index (χ2v) is 7.68. The molecule has 1 saturated heterocycles. The summed E-state index contributed by atoms with van der Waals surface area (Å²) < 4.78 is 6.22. The first-order valence-electron chi connectivity index (χ1n) is 9.82. The van der Waals surface area contributed by atoms with Crippen LogP contribution in [0.4, 0.5) is 0 Å². The summed E-state index contributed by atoms with van der Waals surface area (Å²) in [5.41, 5.74) is 4.00. The van der Waals surface area contributed by atoms with Crippen molar-refractivity contribution in [2.24, 2.45) is 0 Å². The topological polar surface area (TPSA) is 15.7 Å². The Morgan fingerprint density at radius 1 is 0.962 bits per heavy atom. The number of nitrogens with zero attached hydrogens (tertiary/aromatic N) is 2. The fourth-order valence-electron chi connectivity index (χ4n) is 3.41. The Labute approximate surface area is 158 Å². The molecule has 0 amide bonds. The molecule has 0 atom stereocenters. The molecule has 1 aliphatic heterocycles. The average Bonchev–Trinajstić information content (AvgIpc) is 2.65. The Bertz CT molecular complexity index is 676. The highest BCUT2D eigenvalue weighted by Crippen LogP contribution is 2.26. The van der Waals surface area contributed by atoms with Gasteiger partial charge in [-0.15, -0.1) is 0 Å². The van der Waals surface area contributed by atoms with Crippen LogP contribution >= 0.6 is 0 Å². The van der Waals surface area contributed by atoms with Crippen LogP contribution in [0.1, 0.15) is 36.5 Å². The number of hydrogen-bond donors (Lipinski definition) is 0. The van der Waals surface area contributed by atoms with Gasteiger partial charge in [0.05, 0.1) is 0 Å². The second-order valence-electron chi connectivity index (χ2n) is 7.68. The molecule has 2 aromatic carbocycles. The monoisotopic (exact) mass is 352 g/mol. The molecule has 3 rings (SSSR count). The van der Waals surface area contributed by atoms with Crippen LogP contribution in [0.15, 0.2) is 48.5 Å². The molecule has 0 N–H and O–H groups in total. The van der Waals surface area contributed by atoms with E-state index in [9.17, 15) is 0 Å². The van der Waals surface area contributed by atoms with Gasteiger partial charge in [-0.2, -0.15) is 0 Å². The van der Waals surface area contributed by atoms with Crippen molar-refractivity contribution in [3.05, 3.63) is 65.2 Å². The smallest absolute Gasteiger partial charge is 0.122 e. The lowest BCUT2D eigenvalue weighted by atomic mass is 9.97. The maximum atomic E-state index is 6.22. The Morgan fingerprint density at radius 3 is 2.38 bits per heavy atom. The molecule has 3 nitrogen and oxygen atoms in total. The van der Waals surface area contributed by atoms with E-state index < -0.39 is 0 Å². The van der Waals surface area contributed by atoms with Gasteiger partial charge in [0.15, 0.2) is 0 Å². The van der Waals surface area contributed by atoms with Gasteiger partial charge in [-0.05, 0) is 35.7 Å². The lowest BCUT2D eigenvalue weighted by Gasteiger charge is -2.32. The van der Waals surface area contributed by atoms with E-state index in [0.29, 0.717) is 5.92 Å². The van der Waals surface area contributed by atoms with Gasteiger partial charge in [0.1, 0.15) is 12.4 Å². The number of likely N-dealkylation sites (N-methyl/N-ethyl adjacent to an activating group) is 1. The van der Waals surface area contributed by atoms with Crippen LogP contribution in [0.3, 0.4) is 0 Å². The van der Waals surface area contributed by atoms with Crippen molar-refractivity contribution in [2.45, 2.75) is 26.2 Å². The molecular weight excluding hydrogens is 320 g/mol. The van der Waals surface area contributed by atoms with Crippen LogP contribution < -0.4 is 4.74 Å². The van der Waals surface area contributed by atoms with Crippen LogP contribution in [0.5, 0.6) is 5.75 Å². The van der Waals surface area contributed by atoms with E-state index in [1.54, 1.807) is 0 Å². The minimum absolute atomic E-state index is 0.531. The Kier molecular flexibility index (Phi) is 6.70. The van der Waals surface area contributed by atoms with Crippen LogP contribution in [-0.4, -0.2) is 56.2 Å². The summed E-state index contributed by atoms with van der Waals surface area (Å²) in [7, 11) is 2.19. The number of piperazine rings is 1. The minimum atomic E-state index is 0.531. The molecule has 1 aliphatic rings. The van der Waals surface area contributed by atoms with Gasteiger partial charge in [-0.25, -0.2) is 0 Å². The van der Waals surface area contributed by atoms with Crippen LogP contribution in [-0.2, 0) is 6.42 Å². The van der Waals surface area contributed by atoms with Gasteiger partial charge in [0.2, 0.25) is 0 Å². The predicted molar refractivity (Wildman–Crippen MR) is 109 cm³/mol. The van der Waals surface area contributed by atoms with Crippen molar-refractivity contribution in [1.29, 1.82) is 0 Å². The summed E-state index contributed by atoms with van der Waals surface area (Å²) in [6.07, 6.45) is 0.922. The van der Waals surface area contributed by atoms with Gasteiger partial charge in [-0.3, -0.25) is 4.90 Å². The lowest BCUT2D eigenvalue weighted by Crippen LogP contribution is -2.45. The maximum Gasteiger partial charge on any atom is 0.122 e. The van der Waals surface area contributed by atoms with Gasteiger partial charge in [-0.1, -0.05) is 56.3 Å². The molecule has 0 aromatic heterocycles. The molecular formula is C23H32N2O. The first-order chi connectivity index (χ1) is 12.6. The number of hydrogen-bond acceptors (Lipinski definition) is 3. The highest BCUT2D eigenvalue weighted by atomic mass is 16.5. The summed E-state index contributed by atoms with van der Waals surface area (Å²) in [6.45, 7) is 10.8. The number of ether oxygens (including phenoxy) is 1. The largest absolute Gasteiger partial charge is 0.492 e. The van der Waals surface area contributed by atoms with Crippen molar-refractivity contribution in [2.75, 3.05) is 46.4 Å². The molecule has 0 unspecified atom stereocenters. The molecule has 1 fully saturated rings. The quantitative estimate of drug-likeness (QED) is 0.748. The maximum absolute atomic E-state index is 6.22. The third-order valence-corrected chi connectivity index (χ3v) is 5.25. The molecule has 0 spiro atoms. The van der Waals surface area contributed by atoms with E-state index in [1.165, 1.54) is 16.7 Å². The van der Waals surface area contributed by atoms with Crippen molar-refractivity contribution >= 4 is 0 Å². The highest BCUT2D eigenvalue weighted by molar-refractivity contribution is 5.41. The number of rotatable bonds is 7. The Hall–Kier alpha value is -1.84. The van der Waals surface area contributed by atoms with Gasteiger partial charge in [0.25, 0.3) is 0 Å². The second kappa shape index (κ2) is 9.20. The molecule has 0 saturated carbocycles. The van der Waals surface area contributed by atoms with E-state index in [1.807, 2.05) is 0 Å². The molecule has 0 radical (unpaired) electrons. The van der Waals surface area contributed by atoms with Crippen LogP contribution in [0.25, 0.3) is 0 Å². The van der Waals surface area contributed by atoms with Gasteiger partial charge >= 0.3 is 0 Å². The molecule has 1 heterocycles. The van der Waals surface area contributed by atoms with Gasteiger partial charge < -0.3 is 9.64 Å². The number of benzene rings is 2. The summed E-state index contributed by atoms with van der Waals surface area (Å²) >= 11 is 0. The molecule has 26 heavy (non-hydrogen) atoms. The molecule has 0 bridgehead atoms. The predicted octanol–water partition coefficient (Wildman–Crippen LogP) is 4.03. The SMILES string of the molecule is CC(C)c1ccc(OCCN2CCN(C)CC2)c(Cc2ccccc2)c1. The van der Waals surface area contributed by atoms with Crippen molar-refractivity contribution < 1.29 is 4.74 Å². The lowest BCUT2D eigenvalue weighted by molar-refractivity contribution is 0.133. The minimum Gasteiger partial charge on any atom is -0.492 e. The van der Waals surface area contributed by atoms with E-state index in [4.69, 9.17) is 4.74 Å². The third-order valence-electron chi connectivity index (χ3n) is 5.25. The molecule has 2 aromatic rings. The van der Waals surface area contributed by atoms with Crippen LogP contribution in [0.2, 0.25) is 0 Å². The van der Waals surface area contributed by atoms with E-state index in [0.717, 1.165) is 51.5 Å². The molecule has 0 aliphatic carbocycles. The average molecular weight is 353 g/mol. The normalized spacial score (nSPS) is 16.2. The highest BCUT2D eigenvalue weighted by Gasteiger charge is 2.14. The van der Waals surface area contributed by atoms with E-state index >= 15 is 0 Å². The van der Waals surface area contributed by atoms with Crippen molar-refractivity contribution in [3.8, 4) is 5.75 Å². The molecule has 3 heteroatoms. The Morgan fingerprint density at radius 2 is 1.69 bits per heavy atom. The van der Waals surface area contributed by atoms with E-state index in [2.05, 4.69) is 79.2 Å². The summed E-state index contributed by atoms with van der Waals surface area (Å²) in [5, 5.41) is 0. The van der Waals surface area contributed by atoms with Crippen molar-refractivity contribution in [3.63, 3.8) is 0 Å². The third kappa shape index (κ3) is 5.33. The first-order valence-corrected chi connectivity index (χ1v) is 9.82. The first kappa shape index (κ1) is 18.9. The van der Waals surface area contributed by atoms with E-state index in [-0.39, 0.29) is 0 Å².